The molecule has 6 heteroatoms. The average molecular weight is 320 g/mol. The Hall–Kier alpha value is -1.95. The maximum atomic E-state index is 11.8. The molecule has 0 amide bonds. The van der Waals surface area contributed by atoms with Gasteiger partial charge in [-0.2, -0.15) is 0 Å². The van der Waals surface area contributed by atoms with Gasteiger partial charge in [0.05, 0.1) is 16.1 Å². The summed E-state index contributed by atoms with van der Waals surface area (Å²) >= 11 is 6.50. The van der Waals surface area contributed by atoms with Crippen LogP contribution in [0.15, 0.2) is 48.5 Å². The zero-order chi connectivity index (χ0) is 16.0. The van der Waals surface area contributed by atoms with Crippen LogP contribution in [0.4, 0.5) is 0 Å². The number of nitrogens with zero attached hydrogens (tertiary/aromatic N) is 1. The standard InChI is InChI=1S/C16H14ClNO4/c1-21-16(22-2)13-9-5-3-7-11(13)15(17,18(19)20)12-8-4-6-10-14(12)16/h3-10H,1-2H3. The van der Waals surface area contributed by atoms with E-state index in [1.54, 1.807) is 48.5 Å². The van der Waals surface area contributed by atoms with Crippen molar-refractivity contribution in [1.82, 2.24) is 0 Å². The first-order valence-electron chi connectivity index (χ1n) is 6.66. The van der Waals surface area contributed by atoms with Crippen LogP contribution < -0.4 is 0 Å². The highest BCUT2D eigenvalue weighted by Crippen LogP contribution is 2.52. The number of hydrogen-bond acceptors (Lipinski definition) is 4. The molecule has 5 nitrogen and oxygen atoms in total. The van der Waals surface area contributed by atoms with Gasteiger partial charge in [0.1, 0.15) is 0 Å². The lowest BCUT2D eigenvalue weighted by Crippen LogP contribution is -2.45. The van der Waals surface area contributed by atoms with Gasteiger partial charge in [-0.05, 0) is 23.7 Å². The van der Waals surface area contributed by atoms with E-state index in [9.17, 15) is 10.1 Å². The van der Waals surface area contributed by atoms with Gasteiger partial charge >= 0.3 is 5.00 Å². The first kappa shape index (κ1) is 15.0. The Bertz CT molecular complexity index is 693. The van der Waals surface area contributed by atoms with E-state index in [1.165, 1.54) is 14.2 Å². The smallest absolute Gasteiger partial charge is 0.346 e. The van der Waals surface area contributed by atoms with Crippen LogP contribution in [0.1, 0.15) is 22.3 Å². The van der Waals surface area contributed by atoms with Gasteiger partial charge in [0, 0.05) is 25.3 Å². The Balaban J connectivity index is 2.47. The molecule has 0 saturated heterocycles. The van der Waals surface area contributed by atoms with Gasteiger partial charge < -0.3 is 9.47 Å². The summed E-state index contributed by atoms with van der Waals surface area (Å²) in [4.78, 5) is 9.43. The minimum Gasteiger partial charge on any atom is -0.346 e. The monoisotopic (exact) mass is 319 g/mol. The average Bonchev–Trinajstić information content (AvgIpc) is 2.56. The van der Waals surface area contributed by atoms with Crippen molar-refractivity contribution >= 4 is 11.6 Å². The number of hydrogen-bond donors (Lipinski definition) is 0. The molecule has 2 aromatic rings. The third kappa shape index (κ3) is 1.67. The molecule has 0 spiro atoms. The van der Waals surface area contributed by atoms with Crippen LogP contribution in [0, 0.1) is 10.1 Å². The Morgan fingerprint density at radius 3 is 1.59 bits per heavy atom. The molecule has 0 radical (unpaired) electrons. The number of benzene rings is 2. The number of halogens is 1. The van der Waals surface area contributed by atoms with Crippen molar-refractivity contribution in [2.24, 2.45) is 0 Å². The largest absolute Gasteiger partial charge is 0.346 e. The zero-order valence-corrected chi connectivity index (χ0v) is 12.8. The first-order valence-corrected chi connectivity index (χ1v) is 7.04. The summed E-state index contributed by atoms with van der Waals surface area (Å²) in [5.41, 5.74) is 1.77. The second-order valence-corrected chi connectivity index (χ2v) is 5.54. The van der Waals surface area contributed by atoms with Gasteiger partial charge in [0.25, 0.3) is 0 Å². The van der Waals surface area contributed by atoms with Crippen LogP contribution in [-0.4, -0.2) is 19.1 Å². The van der Waals surface area contributed by atoms with Gasteiger partial charge in [0.15, 0.2) is 0 Å². The molecule has 1 aliphatic rings. The second-order valence-electron chi connectivity index (χ2n) is 5.00. The van der Waals surface area contributed by atoms with Crippen LogP contribution >= 0.6 is 11.6 Å². The molecule has 0 bridgehead atoms. The Kier molecular flexibility index (Phi) is 3.44. The van der Waals surface area contributed by atoms with E-state index >= 15 is 0 Å². The molecule has 0 aromatic heterocycles. The highest BCUT2D eigenvalue weighted by atomic mass is 35.5. The van der Waals surface area contributed by atoms with E-state index in [0.717, 1.165) is 0 Å². The summed E-state index contributed by atoms with van der Waals surface area (Å²) in [6.45, 7) is 0. The zero-order valence-electron chi connectivity index (χ0n) is 12.1. The highest BCUT2D eigenvalue weighted by molar-refractivity contribution is 6.25. The van der Waals surface area contributed by atoms with Gasteiger partial charge in [-0.3, -0.25) is 10.1 Å². The fraction of sp³-hybridized carbons (Fsp3) is 0.250. The van der Waals surface area contributed by atoms with Gasteiger partial charge in [-0.25, -0.2) is 0 Å². The Morgan fingerprint density at radius 2 is 1.27 bits per heavy atom. The minimum atomic E-state index is -1.87. The number of ether oxygens (including phenoxy) is 2. The minimum absolute atomic E-state index is 0.351. The van der Waals surface area contributed by atoms with Crippen molar-refractivity contribution in [2.45, 2.75) is 10.8 Å². The molecule has 114 valence electrons. The molecule has 2 aromatic carbocycles. The van der Waals surface area contributed by atoms with E-state index in [1.807, 2.05) is 0 Å². The topological polar surface area (TPSA) is 61.6 Å². The van der Waals surface area contributed by atoms with Gasteiger partial charge in [-0.1, -0.05) is 36.4 Å². The number of rotatable bonds is 3. The van der Waals surface area contributed by atoms with Gasteiger partial charge in [-0.15, -0.1) is 0 Å². The highest BCUT2D eigenvalue weighted by Gasteiger charge is 2.58. The van der Waals surface area contributed by atoms with E-state index in [2.05, 4.69) is 0 Å². The lowest BCUT2D eigenvalue weighted by molar-refractivity contribution is -0.539. The fourth-order valence-electron chi connectivity index (χ4n) is 3.13. The predicted octanol–water partition coefficient (Wildman–Crippen LogP) is 3.21. The van der Waals surface area contributed by atoms with E-state index < -0.39 is 15.7 Å². The molecule has 0 fully saturated rings. The summed E-state index contributed by atoms with van der Waals surface area (Å²) < 4.78 is 11.3. The van der Waals surface area contributed by atoms with Crippen molar-refractivity contribution in [1.29, 1.82) is 0 Å². The molecule has 0 unspecified atom stereocenters. The molecule has 0 heterocycles. The molecule has 0 N–H and O–H groups in total. The van der Waals surface area contributed by atoms with Crippen molar-refractivity contribution in [3.63, 3.8) is 0 Å². The normalized spacial score (nSPS) is 17.4. The Morgan fingerprint density at radius 1 is 0.909 bits per heavy atom. The number of alkyl halides is 1. The van der Waals surface area contributed by atoms with E-state index in [0.29, 0.717) is 22.3 Å². The maximum Gasteiger partial charge on any atom is 0.346 e. The van der Waals surface area contributed by atoms with Crippen LogP contribution in [0.25, 0.3) is 0 Å². The molecule has 1 aliphatic carbocycles. The summed E-state index contributed by atoms with van der Waals surface area (Å²) in [6.07, 6.45) is 0. The lowest BCUT2D eigenvalue weighted by atomic mass is 9.78. The van der Waals surface area contributed by atoms with Crippen LogP contribution in [0.5, 0.6) is 0 Å². The molecular weight excluding hydrogens is 306 g/mol. The third-order valence-corrected chi connectivity index (χ3v) is 4.65. The maximum absolute atomic E-state index is 11.8. The molecule has 0 saturated carbocycles. The fourth-order valence-corrected chi connectivity index (χ4v) is 3.46. The summed E-state index contributed by atoms with van der Waals surface area (Å²) in [5, 5.41) is 11.8. The molecule has 0 atom stereocenters. The molecule has 3 rings (SSSR count). The van der Waals surface area contributed by atoms with Crippen LogP contribution in [-0.2, 0) is 20.3 Å². The Labute approximate surface area is 132 Å². The predicted molar refractivity (Wildman–Crippen MR) is 81.3 cm³/mol. The van der Waals surface area contributed by atoms with Crippen molar-refractivity contribution < 1.29 is 14.4 Å². The van der Waals surface area contributed by atoms with Crippen LogP contribution in [0.2, 0.25) is 0 Å². The van der Waals surface area contributed by atoms with Crippen LogP contribution in [0.3, 0.4) is 0 Å². The number of nitro groups is 1. The van der Waals surface area contributed by atoms with E-state index in [4.69, 9.17) is 21.1 Å². The quantitative estimate of drug-likeness (QED) is 0.286. The molecule has 22 heavy (non-hydrogen) atoms. The first-order chi connectivity index (χ1) is 10.5. The SMILES string of the molecule is COC1(OC)c2ccccc2C(Cl)([N+](=O)[O-])c2ccccc21. The van der Waals surface area contributed by atoms with Crippen molar-refractivity contribution in [2.75, 3.05) is 14.2 Å². The molecular formula is C16H14ClNO4. The van der Waals surface area contributed by atoms with Crippen molar-refractivity contribution in [3.05, 3.63) is 80.9 Å². The van der Waals surface area contributed by atoms with Crippen molar-refractivity contribution in [3.8, 4) is 0 Å². The number of methoxy groups -OCH3 is 2. The lowest BCUT2D eigenvalue weighted by Gasteiger charge is -2.40. The second kappa shape index (κ2) is 5.05. The van der Waals surface area contributed by atoms with Gasteiger partial charge in [0.2, 0.25) is 5.79 Å². The summed E-state index contributed by atoms with van der Waals surface area (Å²) in [6, 6.07) is 13.7. The summed E-state index contributed by atoms with van der Waals surface area (Å²) in [5.74, 6) is -1.22. The number of fused-ring (bicyclic) bond motifs is 2. The third-order valence-electron chi connectivity index (χ3n) is 4.10. The molecule has 0 aliphatic heterocycles. The van der Waals surface area contributed by atoms with E-state index in [-0.39, 0.29) is 0 Å². The summed E-state index contributed by atoms with van der Waals surface area (Å²) in [7, 11) is 3.01.